The van der Waals surface area contributed by atoms with E-state index in [2.05, 4.69) is 37.8 Å². The third-order valence-electron chi connectivity index (χ3n) is 3.85. The van der Waals surface area contributed by atoms with Crippen molar-refractivity contribution in [2.75, 3.05) is 7.05 Å². The maximum absolute atomic E-state index is 10.9. The van der Waals surface area contributed by atoms with Gasteiger partial charge < -0.3 is 5.11 Å². The smallest absolute Gasteiger partial charge is 0.305 e. The highest BCUT2D eigenvalue weighted by Crippen LogP contribution is 2.23. The molecule has 0 saturated carbocycles. The Labute approximate surface area is 116 Å². The Morgan fingerprint density at radius 2 is 1.68 bits per heavy atom. The second-order valence-electron chi connectivity index (χ2n) is 6.12. The fraction of sp³-hybridized carbons (Fsp3) is 0.562. The minimum atomic E-state index is -0.755. The van der Waals surface area contributed by atoms with Crippen LogP contribution >= 0.6 is 0 Å². The Hall–Kier alpha value is -1.35. The van der Waals surface area contributed by atoms with Crippen LogP contribution in [0.25, 0.3) is 0 Å². The van der Waals surface area contributed by atoms with Gasteiger partial charge in [-0.1, -0.05) is 17.7 Å². The number of aliphatic carboxylic acids is 1. The van der Waals surface area contributed by atoms with Gasteiger partial charge in [0, 0.05) is 12.1 Å². The van der Waals surface area contributed by atoms with Crippen LogP contribution in [-0.4, -0.2) is 28.6 Å². The number of carboxylic acid groups (broad SMARTS) is 1. The van der Waals surface area contributed by atoms with Gasteiger partial charge in [0.15, 0.2) is 0 Å². The molecule has 1 aromatic carbocycles. The summed E-state index contributed by atoms with van der Waals surface area (Å²) in [6.45, 7) is 11.1. The summed E-state index contributed by atoms with van der Waals surface area (Å²) in [6, 6.07) is 4.36. The zero-order chi connectivity index (χ0) is 14.8. The average molecular weight is 263 g/mol. The second-order valence-corrected chi connectivity index (χ2v) is 6.12. The van der Waals surface area contributed by atoms with Gasteiger partial charge in [-0.3, -0.25) is 9.69 Å². The summed E-state index contributed by atoms with van der Waals surface area (Å²) in [4.78, 5) is 13.0. The molecule has 0 unspecified atom stereocenters. The van der Waals surface area contributed by atoms with E-state index in [0.29, 0.717) is 0 Å². The molecule has 0 atom stereocenters. The van der Waals surface area contributed by atoms with Crippen LogP contribution in [0.2, 0.25) is 0 Å². The van der Waals surface area contributed by atoms with Crippen molar-refractivity contribution < 1.29 is 9.90 Å². The predicted molar refractivity (Wildman–Crippen MR) is 78.5 cm³/mol. The van der Waals surface area contributed by atoms with E-state index in [-0.39, 0.29) is 12.0 Å². The molecule has 0 heterocycles. The number of carboxylic acids is 1. The predicted octanol–water partition coefficient (Wildman–Crippen LogP) is 3.30. The summed E-state index contributed by atoms with van der Waals surface area (Å²) < 4.78 is 0. The topological polar surface area (TPSA) is 40.5 Å². The minimum Gasteiger partial charge on any atom is -0.481 e. The summed E-state index contributed by atoms with van der Waals surface area (Å²) in [7, 11) is 1.99. The van der Waals surface area contributed by atoms with Crippen LogP contribution in [0.5, 0.6) is 0 Å². The van der Waals surface area contributed by atoms with Gasteiger partial charge >= 0.3 is 5.97 Å². The minimum absolute atomic E-state index is 0.146. The lowest BCUT2D eigenvalue weighted by atomic mass is 9.95. The van der Waals surface area contributed by atoms with E-state index in [1.54, 1.807) is 0 Å². The average Bonchev–Trinajstić information content (AvgIpc) is 2.20. The number of benzene rings is 1. The largest absolute Gasteiger partial charge is 0.481 e. The zero-order valence-corrected chi connectivity index (χ0v) is 12.9. The second kappa shape index (κ2) is 5.74. The first-order chi connectivity index (χ1) is 8.63. The van der Waals surface area contributed by atoms with Crippen LogP contribution in [0.3, 0.4) is 0 Å². The summed E-state index contributed by atoms with van der Waals surface area (Å²) in [5.41, 5.74) is 4.76. The molecule has 1 aromatic rings. The van der Waals surface area contributed by atoms with Gasteiger partial charge in [-0.25, -0.2) is 0 Å². The fourth-order valence-electron chi connectivity index (χ4n) is 2.42. The number of nitrogens with zero attached hydrogens (tertiary/aromatic N) is 1. The van der Waals surface area contributed by atoms with Crippen molar-refractivity contribution >= 4 is 5.97 Å². The van der Waals surface area contributed by atoms with Gasteiger partial charge in [-0.2, -0.15) is 0 Å². The summed E-state index contributed by atoms with van der Waals surface area (Å²) in [6.07, 6.45) is 0.146. The molecule has 0 aliphatic rings. The van der Waals surface area contributed by atoms with Gasteiger partial charge in [0.1, 0.15) is 0 Å². The SMILES string of the molecule is Cc1cc(C)c(CN(C)C(C)(C)CC(=O)O)c(C)c1. The number of aryl methyl sites for hydroxylation is 3. The van der Waals surface area contributed by atoms with E-state index >= 15 is 0 Å². The van der Waals surface area contributed by atoms with Crippen LogP contribution < -0.4 is 0 Å². The van der Waals surface area contributed by atoms with Crippen molar-refractivity contribution in [2.45, 2.75) is 53.1 Å². The number of hydrogen-bond donors (Lipinski definition) is 1. The Morgan fingerprint density at radius 1 is 1.21 bits per heavy atom. The standard InChI is InChI=1S/C16H25NO2/c1-11-7-12(2)14(13(3)8-11)10-17(6)16(4,5)9-15(18)19/h7-8H,9-10H2,1-6H3,(H,18,19). The quantitative estimate of drug-likeness (QED) is 0.886. The molecule has 106 valence electrons. The monoisotopic (exact) mass is 263 g/mol. The van der Waals surface area contributed by atoms with E-state index in [4.69, 9.17) is 5.11 Å². The molecule has 0 fully saturated rings. The van der Waals surface area contributed by atoms with Crippen molar-refractivity contribution in [1.29, 1.82) is 0 Å². The van der Waals surface area contributed by atoms with E-state index in [9.17, 15) is 4.79 Å². The molecule has 1 rings (SSSR count). The number of carbonyl (C=O) groups is 1. The lowest BCUT2D eigenvalue weighted by Crippen LogP contribution is -2.42. The van der Waals surface area contributed by atoms with Gasteiger partial charge in [0.2, 0.25) is 0 Å². The van der Waals surface area contributed by atoms with E-state index in [0.717, 1.165) is 6.54 Å². The molecule has 0 radical (unpaired) electrons. The first kappa shape index (κ1) is 15.7. The third-order valence-corrected chi connectivity index (χ3v) is 3.85. The Morgan fingerprint density at radius 3 is 2.11 bits per heavy atom. The molecule has 0 bridgehead atoms. The summed E-state index contributed by atoms with van der Waals surface area (Å²) in [5.74, 6) is -0.755. The van der Waals surface area contributed by atoms with Crippen molar-refractivity contribution in [2.24, 2.45) is 0 Å². The van der Waals surface area contributed by atoms with Crippen LogP contribution in [0.4, 0.5) is 0 Å². The normalized spacial score (nSPS) is 11.9. The maximum atomic E-state index is 10.9. The molecule has 3 nitrogen and oxygen atoms in total. The molecule has 19 heavy (non-hydrogen) atoms. The Balaban J connectivity index is 2.94. The van der Waals surface area contributed by atoms with Gasteiger partial charge in [-0.15, -0.1) is 0 Å². The highest BCUT2D eigenvalue weighted by atomic mass is 16.4. The molecule has 0 amide bonds. The van der Waals surface area contributed by atoms with Crippen LogP contribution in [-0.2, 0) is 11.3 Å². The lowest BCUT2D eigenvalue weighted by molar-refractivity contribution is -0.139. The maximum Gasteiger partial charge on any atom is 0.305 e. The molecule has 0 aliphatic carbocycles. The fourth-order valence-corrected chi connectivity index (χ4v) is 2.42. The van der Waals surface area contributed by atoms with Crippen LogP contribution in [0, 0.1) is 20.8 Å². The van der Waals surface area contributed by atoms with Gasteiger partial charge in [0.25, 0.3) is 0 Å². The molecule has 0 saturated heterocycles. The van der Waals surface area contributed by atoms with Crippen molar-refractivity contribution in [3.05, 3.63) is 34.4 Å². The molecule has 1 N–H and O–H groups in total. The molecule has 0 spiro atoms. The Kier molecular flexibility index (Phi) is 4.75. The lowest BCUT2D eigenvalue weighted by Gasteiger charge is -2.35. The molecular weight excluding hydrogens is 238 g/mol. The van der Waals surface area contributed by atoms with Crippen molar-refractivity contribution in [3.8, 4) is 0 Å². The van der Waals surface area contributed by atoms with Crippen LogP contribution in [0.15, 0.2) is 12.1 Å². The molecular formula is C16H25NO2. The first-order valence-corrected chi connectivity index (χ1v) is 6.63. The van der Waals surface area contributed by atoms with E-state index in [1.165, 1.54) is 22.3 Å². The van der Waals surface area contributed by atoms with Crippen LogP contribution in [0.1, 0.15) is 42.5 Å². The van der Waals surface area contributed by atoms with Gasteiger partial charge in [0.05, 0.1) is 6.42 Å². The van der Waals surface area contributed by atoms with Crippen molar-refractivity contribution in [1.82, 2.24) is 4.90 Å². The highest BCUT2D eigenvalue weighted by Gasteiger charge is 2.27. The number of rotatable bonds is 5. The number of hydrogen-bond acceptors (Lipinski definition) is 2. The molecule has 3 heteroatoms. The third kappa shape index (κ3) is 4.06. The van der Waals surface area contributed by atoms with E-state index in [1.807, 2.05) is 20.9 Å². The van der Waals surface area contributed by atoms with Crippen molar-refractivity contribution in [3.63, 3.8) is 0 Å². The first-order valence-electron chi connectivity index (χ1n) is 6.63. The van der Waals surface area contributed by atoms with Gasteiger partial charge in [-0.05, 0) is 58.4 Å². The summed E-state index contributed by atoms with van der Waals surface area (Å²) in [5, 5.41) is 8.98. The Bertz CT molecular complexity index is 455. The highest BCUT2D eigenvalue weighted by molar-refractivity contribution is 5.68. The summed E-state index contributed by atoms with van der Waals surface area (Å²) >= 11 is 0. The molecule has 0 aromatic heterocycles. The van der Waals surface area contributed by atoms with E-state index < -0.39 is 5.97 Å². The zero-order valence-electron chi connectivity index (χ0n) is 12.9. The molecule has 0 aliphatic heterocycles.